The molecule has 2 aromatic heterocycles. The molecule has 0 N–H and O–H groups in total. The highest BCUT2D eigenvalue weighted by Gasteiger charge is 2.15. The predicted molar refractivity (Wildman–Crippen MR) is 137 cm³/mol. The van der Waals surface area contributed by atoms with Gasteiger partial charge in [0.15, 0.2) is 0 Å². The highest BCUT2D eigenvalue weighted by atomic mass is 32.1. The van der Waals surface area contributed by atoms with Crippen molar-refractivity contribution in [3.05, 3.63) is 107 Å². The normalized spacial score (nSPS) is 11.3. The van der Waals surface area contributed by atoms with Gasteiger partial charge in [0.1, 0.15) is 22.6 Å². The molecular weight excluding hydrogens is 459 g/mol. The number of thiazole rings is 1. The number of allylic oxidation sites excluding steroid dienone is 1. The van der Waals surface area contributed by atoms with E-state index in [4.69, 9.17) is 9.84 Å². The number of rotatable bonds is 6. The highest BCUT2D eigenvalue weighted by Crippen LogP contribution is 2.31. The van der Waals surface area contributed by atoms with E-state index in [9.17, 15) is 9.65 Å². The fourth-order valence-corrected chi connectivity index (χ4v) is 4.42. The van der Waals surface area contributed by atoms with Crippen molar-refractivity contribution < 1.29 is 9.13 Å². The second kappa shape index (κ2) is 9.75. The second-order valence-electron chi connectivity index (χ2n) is 7.66. The van der Waals surface area contributed by atoms with Crippen molar-refractivity contribution in [1.82, 2.24) is 14.8 Å². The summed E-state index contributed by atoms with van der Waals surface area (Å²) >= 11 is 1.37. The second-order valence-corrected chi connectivity index (χ2v) is 8.51. The molecule has 3 aromatic carbocycles. The van der Waals surface area contributed by atoms with Gasteiger partial charge in [0.2, 0.25) is 0 Å². The number of halogens is 1. The van der Waals surface area contributed by atoms with Gasteiger partial charge < -0.3 is 4.74 Å². The van der Waals surface area contributed by atoms with Crippen LogP contribution in [-0.4, -0.2) is 21.9 Å². The van der Waals surface area contributed by atoms with E-state index in [0.717, 1.165) is 33.8 Å². The number of nitriles is 1. The van der Waals surface area contributed by atoms with Gasteiger partial charge in [-0.2, -0.15) is 10.4 Å². The number of para-hydroxylation sites is 1. The minimum atomic E-state index is -0.302. The SMILES string of the molecule is COc1ccc(-c2nn(-c3ccccc3)cc2/C=C(\C#N)c2nc(-c3ccc(F)cc3)cs2)cc1. The smallest absolute Gasteiger partial charge is 0.134 e. The summed E-state index contributed by atoms with van der Waals surface area (Å²) in [5.41, 5.74) is 5.24. The zero-order valence-corrected chi connectivity index (χ0v) is 19.5. The lowest BCUT2D eigenvalue weighted by Crippen LogP contribution is -1.94. The van der Waals surface area contributed by atoms with Crippen LogP contribution in [0, 0.1) is 17.1 Å². The molecule has 0 aliphatic heterocycles. The summed E-state index contributed by atoms with van der Waals surface area (Å²) in [5, 5.41) is 17.2. The molecular formula is C28H19FN4OS. The van der Waals surface area contributed by atoms with Crippen molar-refractivity contribution in [3.63, 3.8) is 0 Å². The van der Waals surface area contributed by atoms with Crippen molar-refractivity contribution in [2.75, 3.05) is 7.11 Å². The molecule has 0 spiro atoms. The highest BCUT2D eigenvalue weighted by molar-refractivity contribution is 7.11. The van der Waals surface area contributed by atoms with E-state index in [2.05, 4.69) is 11.1 Å². The van der Waals surface area contributed by atoms with E-state index < -0.39 is 0 Å². The molecule has 0 atom stereocenters. The van der Waals surface area contributed by atoms with Crippen LogP contribution in [0.4, 0.5) is 4.39 Å². The van der Waals surface area contributed by atoms with Gasteiger partial charge in [-0.25, -0.2) is 14.1 Å². The molecule has 5 rings (SSSR count). The fourth-order valence-electron chi connectivity index (χ4n) is 3.63. The summed E-state index contributed by atoms with van der Waals surface area (Å²) in [6.07, 6.45) is 3.71. The zero-order valence-electron chi connectivity index (χ0n) is 18.7. The summed E-state index contributed by atoms with van der Waals surface area (Å²) < 4.78 is 20.4. The van der Waals surface area contributed by atoms with Crippen molar-refractivity contribution in [2.24, 2.45) is 0 Å². The Balaban J connectivity index is 1.58. The standard InChI is InChI=1S/C28H19FN4OS/c1-34-25-13-9-20(10-14-25)27-22(17-33(32-27)24-5-3-2-4-6-24)15-21(16-30)28-31-26(18-35-28)19-7-11-23(29)12-8-19/h2-15,17-18H,1H3/b21-15+. The number of nitrogens with zero attached hydrogens (tertiary/aromatic N) is 4. The Morgan fingerprint density at radius 1 is 1.00 bits per heavy atom. The van der Waals surface area contributed by atoms with Crippen molar-refractivity contribution in [2.45, 2.75) is 0 Å². The van der Waals surface area contributed by atoms with E-state index in [-0.39, 0.29) is 5.82 Å². The maximum Gasteiger partial charge on any atom is 0.134 e. The molecule has 5 aromatic rings. The lowest BCUT2D eigenvalue weighted by molar-refractivity contribution is 0.415. The van der Waals surface area contributed by atoms with Gasteiger partial charge in [-0.1, -0.05) is 18.2 Å². The quantitative estimate of drug-likeness (QED) is 0.250. The lowest BCUT2D eigenvalue weighted by Gasteiger charge is -2.03. The van der Waals surface area contributed by atoms with E-state index in [1.54, 1.807) is 30.0 Å². The average molecular weight is 479 g/mol. The summed E-state index contributed by atoms with van der Waals surface area (Å²) in [5.74, 6) is 0.449. The third-order valence-electron chi connectivity index (χ3n) is 5.42. The van der Waals surface area contributed by atoms with Crippen molar-refractivity contribution >= 4 is 23.0 Å². The average Bonchev–Trinajstić information content (AvgIpc) is 3.56. The third kappa shape index (κ3) is 4.74. The monoisotopic (exact) mass is 478 g/mol. The first-order valence-corrected chi connectivity index (χ1v) is 11.7. The van der Waals surface area contributed by atoms with Crippen LogP contribution in [0.25, 0.3) is 39.9 Å². The first-order chi connectivity index (χ1) is 17.1. The molecule has 0 saturated carbocycles. The summed E-state index contributed by atoms with van der Waals surface area (Å²) in [4.78, 5) is 4.63. The first-order valence-electron chi connectivity index (χ1n) is 10.8. The molecule has 0 aliphatic rings. The van der Waals surface area contributed by atoms with E-state index >= 15 is 0 Å². The van der Waals surface area contributed by atoms with Crippen LogP contribution in [0.5, 0.6) is 5.75 Å². The Labute approximate surface area is 206 Å². The van der Waals surface area contributed by atoms with Gasteiger partial charge in [0.05, 0.1) is 29.8 Å². The number of benzene rings is 3. The molecule has 2 heterocycles. The third-order valence-corrected chi connectivity index (χ3v) is 6.30. The van der Waals surface area contributed by atoms with Crippen LogP contribution < -0.4 is 4.74 Å². The molecule has 0 bridgehead atoms. The van der Waals surface area contributed by atoms with Crippen LogP contribution in [0.3, 0.4) is 0 Å². The molecule has 0 amide bonds. The Kier molecular flexibility index (Phi) is 6.20. The number of hydrogen-bond acceptors (Lipinski definition) is 5. The molecule has 170 valence electrons. The molecule has 0 fully saturated rings. The molecule has 0 saturated heterocycles. The van der Waals surface area contributed by atoms with Gasteiger partial charge in [-0.3, -0.25) is 0 Å². The van der Waals surface area contributed by atoms with Crippen LogP contribution >= 0.6 is 11.3 Å². The Morgan fingerprint density at radius 2 is 1.71 bits per heavy atom. The Morgan fingerprint density at radius 3 is 2.40 bits per heavy atom. The number of aromatic nitrogens is 3. The maximum absolute atomic E-state index is 13.3. The lowest BCUT2D eigenvalue weighted by atomic mass is 10.1. The van der Waals surface area contributed by atoms with Gasteiger partial charge in [-0.15, -0.1) is 11.3 Å². The van der Waals surface area contributed by atoms with E-state index in [0.29, 0.717) is 16.3 Å². The molecule has 0 unspecified atom stereocenters. The first kappa shape index (κ1) is 22.3. The molecule has 7 heteroatoms. The Hall–Kier alpha value is -4.54. The fraction of sp³-hybridized carbons (Fsp3) is 0.0357. The van der Waals surface area contributed by atoms with E-state index in [1.807, 2.05) is 66.2 Å². The molecule has 0 radical (unpaired) electrons. The van der Waals surface area contributed by atoms with Crippen molar-refractivity contribution in [1.29, 1.82) is 5.26 Å². The number of ether oxygens (including phenoxy) is 1. The molecule has 35 heavy (non-hydrogen) atoms. The minimum absolute atomic E-state index is 0.302. The van der Waals surface area contributed by atoms with Crippen molar-refractivity contribution in [3.8, 4) is 40.0 Å². The summed E-state index contributed by atoms with van der Waals surface area (Å²) in [6.45, 7) is 0. The Bertz CT molecular complexity index is 1530. The molecule has 0 aliphatic carbocycles. The minimum Gasteiger partial charge on any atom is -0.497 e. The maximum atomic E-state index is 13.3. The van der Waals surface area contributed by atoms with Gasteiger partial charge in [0, 0.05) is 28.3 Å². The van der Waals surface area contributed by atoms with E-state index in [1.165, 1.54) is 23.5 Å². The largest absolute Gasteiger partial charge is 0.497 e. The van der Waals surface area contributed by atoms with Gasteiger partial charge in [-0.05, 0) is 66.7 Å². The van der Waals surface area contributed by atoms with Gasteiger partial charge in [0.25, 0.3) is 0 Å². The van der Waals surface area contributed by atoms with Crippen LogP contribution in [0.1, 0.15) is 10.6 Å². The van der Waals surface area contributed by atoms with Crippen LogP contribution in [-0.2, 0) is 0 Å². The molecule has 5 nitrogen and oxygen atoms in total. The topological polar surface area (TPSA) is 63.7 Å². The summed E-state index contributed by atoms with van der Waals surface area (Å²) in [7, 11) is 1.63. The zero-order chi connectivity index (χ0) is 24.2. The number of methoxy groups -OCH3 is 1. The summed E-state index contributed by atoms with van der Waals surface area (Å²) in [6, 6.07) is 25.9. The number of hydrogen-bond donors (Lipinski definition) is 0. The predicted octanol–water partition coefficient (Wildman–Crippen LogP) is 6.87. The van der Waals surface area contributed by atoms with Crippen LogP contribution in [0.2, 0.25) is 0 Å². The van der Waals surface area contributed by atoms with Crippen LogP contribution in [0.15, 0.2) is 90.4 Å². The van der Waals surface area contributed by atoms with Gasteiger partial charge >= 0.3 is 0 Å².